The molecule has 0 saturated carbocycles. The zero-order chi connectivity index (χ0) is 16.2. The molecule has 1 amide bonds. The van der Waals surface area contributed by atoms with Crippen LogP contribution in [0.2, 0.25) is 0 Å². The molecule has 2 heterocycles. The quantitative estimate of drug-likeness (QED) is 0.826. The lowest BCUT2D eigenvalue weighted by molar-refractivity contribution is 0.0597. The molecule has 2 N–H and O–H groups in total. The van der Waals surface area contributed by atoms with Crippen LogP contribution in [0.15, 0.2) is 29.8 Å². The van der Waals surface area contributed by atoms with Crippen LogP contribution in [0.1, 0.15) is 33.3 Å². The van der Waals surface area contributed by atoms with Crippen LogP contribution >= 0.6 is 11.3 Å². The maximum atomic E-state index is 12.7. The number of amides is 1. The molecule has 1 aromatic carbocycles. The smallest absolute Gasteiger partial charge is 0.257 e. The Hall–Kier alpha value is -1.92. The van der Waals surface area contributed by atoms with E-state index in [-0.39, 0.29) is 5.91 Å². The lowest BCUT2D eigenvalue weighted by Crippen LogP contribution is -2.48. The van der Waals surface area contributed by atoms with Crippen molar-refractivity contribution in [3.63, 3.8) is 0 Å². The zero-order valence-electron chi connectivity index (χ0n) is 13.2. The Morgan fingerprint density at radius 1 is 1.48 bits per heavy atom. The summed E-state index contributed by atoms with van der Waals surface area (Å²) in [6, 6.07) is 5.72. The number of aromatic nitrogens is 1. The third-order valence-corrected chi connectivity index (χ3v) is 4.88. The summed E-state index contributed by atoms with van der Waals surface area (Å²) in [4.78, 5) is 18.9. The minimum Gasteiger partial charge on any atom is -0.493 e. The number of carbonyl (C=O) groups is 1. The van der Waals surface area contributed by atoms with Gasteiger partial charge in [0.2, 0.25) is 0 Å². The lowest BCUT2D eigenvalue weighted by Gasteiger charge is -2.38. The number of ether oxygens (including phenoxy) is 1. The largest absolute Gasteiger partial charge is 0.493 e. The monoisotopic (exact) mass is 331 g/mol. The maximum absolute atomic E-state index is 12.7. The van der Waals surface area contributed by atoms with Gasteiger partial charge in [0.25, 0.3) is 5.91 Å². The van der Waals surface area contributed by atoms with Gasteiger partial charge in [0, 0.05) is 30.6 Å². The molecule has 0 aliphatic carbocycles. The second-order valence-electron chi connectivity index (χ2n) is 5.77. The summed E-state index contributed by atoms with van der Waals surface area (Å²) in [7, 11) is 0. The van der Waals surface area contributed by atoms with Gasteiger partial charge in [-0.2, -0.15) is 0 Å². The van der Waals surface area contributed by atoms with E-state index >= 15 is 0 Å². The first-order valence-corrected chi connectivity index (χ1v) is 8.69. The molecule has 1 aliphatic heterocycles. The standard InChI is InChI=1S/C17H21N3O2S/c1-12-3-4-14(15(9-12)22-7-2-5-18)17(21)20-10-13(11-20)16-19-6-8-23-16/h3-4,6,8-9,13H,2,5,7,10-11,18H2,1H3. The topological polar surface area (TPSA) is 68.5 Å². The van der Waals surface area contributed by atoms with E-state index in [0.717, 1.165) is 30.1 Å². The minimum atomic E-state index is 0.0283. The van der Waals surface area contributed by atoms with Gasteiger partial charge in [0.15, 0.2) is 0 Å². The molecule has 23 heavy (non-hydrogen) atoms. The van der Waals surface area contributed by atoms with E-state index < -0.39 is 0 Å². The van der Waals surface area contributed by atoms with Gasteiger partial charge in [-0.3, -0.25) is 4.79 Å². The molecule has 5 nitrogen and oxygen atoms in total. The number of aryl methyl sites for hydroxylation is 1. The van der Waals surface area contributed by atoms with Crippen LogP contribution in [-0.2, 0) is 0 Å². The Morgan fingerprint density at radius 2 is 2.30 bits per heavy atom. The van der Waals surface area contributed by atoms with Crippen molar-refractivity contribution in [1.29, 1.82) is 0 Å². The van der Waals surface area contributed by atoms with Crippen LogP contribution in [0.5, 0.6) is 5.75 Å². The maximum Gasteiger partial charge on any atom is 0.257 e. The van der Waals surface area contributed by atoms with Crippen LogP contribution < -0.4 is 10.5 Å². The van der Waals surface area contributed by atoms with E-state index in [0.29, 0.717) is 30.4 Å². The van der Waals surface area contributed by atoms with Gasteiger partial charge in [-0.15, -0.1) is 11.3 Å². The second kappa shape index (κ2) is 7.10. The highest BCUT2D eigenvalue weighted by Gasteiger charge is 2.34. The highest BCUT2D eigenvalue weighted by atomic mass is 32.1. The lowest BCUT2D eigenvalue weighted by atomic mass is 9.99. The number of carbonyl (C=O) groups excluding carboxylic acids is 1. The number of nitrogens with two attached hydrogens (primary N) is 1. The molecule has 0 atom stereocenters. The number of hydrogen-bond acceptors (Lipinski definition) is 5. The van der Waals surface area contributed by atoms with Crippen molar-refractivity contribution in [2.24, 2.45) is 5.73 Å². The Bertz CT molecular complexity index is 666. The molecule has 1 aromatic heterocycles. The molecular formula is C17H21N3O2S. The molecule has 1 fully saturated rings. The molecule has 1 saturated heterocycles. The average molecular weight is 331 g/mol. The predicted octanol–water partition coefficient (Wildman–Crippen LogP) is 2.42. The summed E-state index contributed by atoms with van der Waals surface area (Å²) >= 11 is 1.65. The number of benzene rings is 1. The summed E-state index contributed by atoms with van der Waals surface area (Å²) in [5.41, 5.74) is 7.21. The van der Waals surface area contributed by atoms with Crippen molar-refractivity contribution in [3.8, 4) is 5.75 Å². The normalized spacial score (nSPS) is 14.6. The first-order valence-electron chi connectivity index (χ1n) is 7.81. The van der Waals surface area contributed by atoms with Crippen LogP contribution in [0.4, 0.5) is 0 Å². The van der Waals surface area contributed by atoms with E-state index in [4.69, 9.17) is 10.5 Å². The van der Waals surface area contributed by atoms with Crippen molar-refractivity contribution in [2.45, 2.75) is 19.3 Å². The van der Waals surface area contributed by atoms with Gasteiger partial charge in [0.1, 0.15) is 5.75 Å². The Balaban J connectivity index is 1.67. The third-order valence-electron chi connectivity index (χ3n) is 3.94. The first kappa shape index (κ1) is 16.0. The van der Waals surface area contributed by atoms with E-state index in [1.54, 1.807) is 11.3 Å². The Morgan fingerprint density at radius 3 is 3.00 bits per heavy atom. The average Bonchev–Trinajstić information content (AvgIpc) is 3.00. The molecular weight excluding hydrogens is 310 g/mol. The van der Waals surface area contributed by atoms with E-state index in [1.165, 1.54) is 0 Å². The molecule has 0 spiro atoms. The van der Waals surface area contributed by atoms with Crippen molar-refractivity contribution >= 4 is 17.2 Å². The van der Waals surface area contributed by atoms with E-state index in [9.17, 15) is 4.79 Å². The molecule has 0 bridgehead atoms. The highest BCUT2D eigenvalue weighted by molar-refractivity contribution is 7.09. The van der Waals surface area contributed by atoms with E-state index in [1.807, 2.05) is 41.6 Å². The van der Waals surface area contributed by atoms with Crippen LogP contribution in [0, 0.1) is 6.92 Å². The highest BCUT2D eigenvalue weighted by Crippen LogP contribution is 2.31. The SMILES string of the molecule is Cc1ccc(C(=O)N2CC(c3nccs3)C2)c(OCCCN)c1. The summed E-state index contributed by atoms with van der Waals surface area (Å²) in [6.07, 6.45) is 2.59. The van der Waals surface area contributed by atoms with Gasteiger partial charge >= 0.3 is 0 Å². The molecule has 1 aliphatic rings. The molecule has 0 unspecified atom stereocenters. The van der Waals surface area contributed by atoms with Crippen LogP contribution in [-0.4, -0.2) is 42.0 Å². The number of likely N-dealkylation sites (tertiary alicyclic amines) is 1. The number of hydrogen-bond donors (Lipinski definition) is 1. The fourth-order valence-corrected chi connectivity index (χ4v) is 3.32. The predicted molar refractivity (Wildman–Crippen MR) is 91.1 cm³/mol. The Labute approximate surface area is 140 Å². The van der Waals surface area contributed by atoms with Gasteiger partial charge in [-0.25, -0.2) is 4.98 Å². The third kappa shape index (κ3) is 3.54. The van der Waals surface area contributed by atoms with E-state index in [2.05, 4.69) is 4.98 Å². The van der Waals surface area contributed by atoms with Gasteiger partial charge in [-0.1, -0.05) is 6.07 Å². The summed E-state index contributed by atoms with van der Waals surface area (Å²) < 4.78 is 5.76. The summed E-state index contributed by atoms with van der Waals surface area (Å²) in [6.45, 7) is 4.55. The molecule has 2 aromatic rings. The molecule has 0 radical (unpaired) electrons. The van der Waals surface area contributed by atoms with Crippen molar-refractivity contribution in [3.05, 3.63) is 45.9 Å². The first-order chi connectivity index (χ1) is 11.2. The minimum absolute atomic E-state index is 0.0283. The second-order valence-corrected chi connectivity index (χ2v) is 6.69. The fourth-order valence-electron chi connectivity index (χ4n) is 2.60. The fraction of sp³-hybridized carbons (Fsp3) is 0.412. The van der Waals surface area contributed by atoms with Crippen molar-refractivity contribution in [1.82, 2.24) is 9.88 Å². The molecule has 3 rings (SSSR count). The van der Waals surface area contributed by atoms with Gasteiger partial charge in [0.05, 0.1) is 17.2 Å². The van der Waals surface area contributed by atoms with Crippen molar-refractivity contribution in [2.75, 3.05) is 26.2 Å². The van der Waals surface area contributed by atoms with Crippen LogP contribution in [0.3, 0.4) is 0 Å². The zero-order valence-corrected chi connectivity index (χ0v) is 14.0. The number of nitrogens with zero attached hydrogens (tertiary/aromatic N) is 2. The van der Waals surface area contributed by atoms with Crippen LogP contribution in [0.25, 0.3) is 0 Å². The number of thiazole rings is 1. The summed E-state index contributed by atoms with van der Waals surface area (Å²) in [5, 5.41) is 3.08. The van der Waals surface area contributed by atoms with Gasteiger partial charge < -0.3 is 15.4 Å². The molecule has 6 heteroatoms. The summed E-state index contributed by atoms with van der Waals surface area (Å²) in [5.74, 6) is 1.05. The van der Waals surface area contributed by atoms with Crippen molar-refractivity contribution < 1.29 is 9.53 Å². The Kier molecular flexibility index (Phi) is 4.93. The number of rotatable bonds is 6. The molecule has 122 valence electrons. The van der Waals surface area contributed by atoms with Gasteiger partial charge in [-0.05, 0) is 37.6 Å².